The number of carbonyl (C=O) groups is 2. The minimum atomic E-state index is -3.58. The molecule has 36 heavy (non-hydrogen) atoms. The van der Waals surface area contributed by atoms with Crippen LogP contribution in [0.1, 0.15) is 60.7 Å². The summed E-state index contributed by atoms with van der Waals surface area (Å²) in [5.41, 5.74) is 2.80. The van der Waals surface area contributed by atoms with Crippen LogP contribution in [-0.4, -0.2) is 25.9 Å². The van der Waals surface area contributed by atoms with E-state index in [1.807, 2.05) is 45.0 Å². The number of sulfone groups is 1. The zero-order valence-corrected chi connectivity index (χ0v) is 22.2. The van der Waals surface area contributed by atoms with Crippen molar-refractivity contribution in [1.29, 1.82) is 0 Å². The average Bonchev–Trinajstić information content (AvgIpc) is 3.13. The van der Waals surface area contributed by atoms with Gasteiger partial charge in [0, 0.05) is 16.3 Å². The molecular weight excluding hydrogens is 498 g/mol. The number of hydrogen-bond donors (Lipinski definition) is 0. The number of rotatable bonds is 6. The summed E-state index contributed by atoms with van der Waals surface area (Å²) in [6, 6.07) is 18.5. The lowest BCUT2D eigenvalue weighted by Crippen LogP contribution is -2.27. The lowest BCUT2D eigenvalue weighted by molar-refractivity contribution is -0.156. The fourth-order valence-corrected chi connectivity index (χ4v) is 5.52. The van der Waals surface area contributed by atoms with E-state index in [1.54, 1.807) is 30.0 Å². The summed E-state index contributed by atoms with van der Waals surface area (Å²) in [6.07, 6.45) is 0. The van der Waals surface area contributed by atoms with Crippen molar-refractivity contribution >= 4 is 39.0 Å². The maximum absolute atomic E-state index is 13.2. The van der Waals surface area contributed by atoms with E-state index in [0.717, 1.165) is 11.1 Å². The molecule has 1 aliphatic heterocycles. The highest BCUT2D eigenvalue weighted by Gasteiger charge is 2.30. The number of esters is 1. The maximum Gasteiger partial charge on any atom is 0.313 e. The molecule has 188 valence electrons. The zero-order chi connectivity index (χ0) is 26.3. The van der Waals surface area contributed by atoms with Crippen molar-refractivity contribution in [3.05, 3.63) is 94.0 Å². The zero-order valence-electron chi connectivity index (χ0n) is 20.6. The third kappa shape index (κ3) is 5.63. The van der Waals surface area contributed by atoms with Crippen LogP contribution in [0.3, 0.4) is 0 Å². The minimum Gasteiger partial charge on any atom is -0.460 e. The van der Waals surface area contributed by atoms with Crippen LogP contribution < -0.4 is 4.90 Å². The molecule has 3 aromatic carbocycles. The molecule has 1 atom stereocenters. The Morgan fingerprint density at radius 1 is 1.03 bits per heavy atom. The largest absolute Gasteiger partial charge is 0.460 e. The van der Waals surface area contributed by atoms with Crippen molar-refractivity contribution < 1.29 is 22.7 Å². The van der Waals surface area contributed by atoms with Gasteiger partial charge in [-0.3, -0.25) is 9.59 Å². The van der Waals surface area contributed by atoms with Crippen molar-refractivity contribution in [2.24, 2.45) is 0 Å². The van der Waals surface area contributed by atoms with Gasteiger partial charge in [-0.25, -0.2) is 8.42 Å². The van der Waals surface area contributed by atoms with Crippen LogP contribution in [0.15, 0.2) is 71.6 Å². The van der Waals surface area contributed by atoms with Crippen LogP contribution in [0, 0.1) is 0 Å². The van der Waals surface area contributed by atoms with Gasteiger partial charge in [0.15, 0.2) is 9.84 Å². The van der Waals surface area contributed by atoms with Crippen molar-refractivity contribution in [2.45, 2.75) is 56.4 Å². The lowest BCUT2D eigenvalue weighted by atomic mass is 10.0. The molecule has 1 heterocycles. The quantitative estimate of drug-likeness (QED) is 0.373. The number of amides is 1. The predicted octanol–water partition coefficient (Wildman–Crippen LogP) is 5.92. The Bertz CT molecular complexity index is 1410. The highest BCUT2D eigenvalue weighted by molar-refractivity contribution is 7.90. The molecule has 0 N–H and O–H groups in total. The summed E-state index contributed by atoms with van der Waals surface area (Å²) in [7, 11) is -3.58. The van der Waals surface area contributed by atoms with Crippen molar-refractivity contribution in [3.8, 4) is 0 Å². The number of fused-ring (bicyclic) bond motifs is 1. The molecule has 0 aliphatic carbocycles. The molecular formula is C28H28ClNO5S. The number of benzene rings is 3. The molecule has 1 unspecified atom stereocenters. The van der Waals surface area contributed by atoms with Crippen LogP contribution in [0.5, 0.6) is 0 Å². The van der Waals surface area contributed by atoms with E-state index < -0.39 is 21.4 Å². The topological polar surface area (TPSA) is 80.8 Å². The van der Waals surface area contributed by atoms with E-state index in [9.17, 15) is 18.0 Å². The Labute approximate surface area is 216 Å². The first-order chi connectivity index (χ1) is 16.8. The summed E-state index contributed by atoms with van der Waals surface area (Å²) >= 11 is 5.87. The van der Waals surface area contributed by atoms with Gasteiger partial charge in [-0.1, -0.05) is 35.9 Å². The molecule has 4 rings (SSSR count). The van der Waals surface area contributed by atoms with Gasteiger partial charge >= 0.3 is 5.97 Å². The first-order valence-corrected chi connectivity index (χ1v) is 13.6. The molecule has 8 heteroatoms. The van der Waals surface area contributed by atoms with Crippen molar-refractivity contribution in [1.82, 2.24) is 0 Å². The van der Waals surface area contributed by atoms with Crippen molar-refractivity contribution in [2.75, 3.05) is 4.90 Å². The van der Waals surface area contributed by atoms with E-state index in [-0.39, 0.29) is 22.5 Å². The molecule has 3 aromatic rings. The molecule has 1 aliphatic rings. The monoisotopic (exact) mass is 525 g/mol. The maximum atomic E-state index is 13.2. The third-order valence-electron chi connectivity index (χ3n) is 5.97. The molecule has 6 nitrogen and oxygen atoms in total. The van der Waals surface area contributed by atoms with Gasteiger partial charge < -0.3 is 9.64 Å². The van der Waals surface area contributed by atoms with E-state index in [4.69, 9.17) is 16.3 Å². The van der Waals surface area contributed by atoms with E-state index in [0.29, 0.717) is 28.4 Å². The van der Waals surface area contributed by atoms with E-state index in [1.165, 1.54) is 24.3 Å². The standard InChI is InChI=1S/C28H28ClNO5S/c1-18(27(32)35-28(2,3)4)20-7-11-23(12-8-20)30-16-21-6-5-19(15-25(21)26(30)31)17-36(33,34)24-13-9-22(29)10-14-24/h5-15,18H,16-17H2,1-4H3. The average molecular weight is 526 g/mol. The Hall–Kier alpha value is -3.16. The van der Waals surface area contributed by atoms with Gasteiger partial charge in [-0.2, -0.15) is 0 Å². The van der Waals surface area contributed by atoms with Gasteiger partial charge in [0.2, 0.25) is 0 Å². The molecule has 0 fully saturated rings. The molecule has 0 saturated heterocycles. The second-order valence-corrected chi connectivity index (χ2v) is 12.4. The molecule has 1 amide bonds. The number of nitrogens with zero attached hydrogens (tertiary/aromatic N) is 1. The first-order valence-electron chi connectivity index (χ1n) is 11.6. The highest BCUT2D eigenvalue weighted by atomic mass is 35.5. The van der Waals surface area contributed by atoms with Crippen molar-refractivity contribution in [3.63, 3.8) is 0 Å². The molecule has 0 bridgehead atoms. The van der Waals surface area contributed by atoms with Gasteiger partial charge in [0.25, 0.3) is 5.91 Å². The lowest BCUT2D eigenvalue weighted by Gasteiger charge is -2.23. The Morgan fingerprint density at radius 2 is 1.67 bits per heavy atom. The van der Waals surface area contributed by atoms with Gasteiger partial charge in [-0.05, 0) is 86.8 Å². The van der Waals surface area contributed by atoms with Crippen LogP contribution in [0.25, 0.3) is 0 Å². The van der Waals surface area contributed by atoms with E-state index in [2.05, 4.69) is 0 Å². The second-order valence-electron chi connectivity index (χ2n) is 9.94. The third-order valence-corrected chi connectivity index (χ3v) is 7.93. The van der Waals surface area contributed by atoms with Crippen LogP contribution in [0.4, 0.5) is 5.69 Å². The highest BCUT2D eigenvalue weighted by Crippen LogP contribution is 2.31. The van der Waals surface area contributed by atoms with Crippen LogP contribution in [-0.2, 0) is 31.7 Å². The van der Waals surface area contributed by atoms with Crippen LogP contribution in [0.2, 0.25) is 5.02 Å². The fourth-order valence-electron chi connectivity index (χ4n) is 4.06. The van der Waals surface area contributed by atoms with Gasteiger partial charge in [0.05, 0.1) is 23.1 Å². The first kappa shape index (κ1) is 25.9. The minimum absolute atomic E-state index is 0.182. The number of carbonyl (C=O) groups excluding carboxylic acids is 2. The number of ether oxygens (including phenoxy) is 1. The Morgan fingerprint density at radius 3 is 2.28 bits per heavy atom. The Kier molecular flexibility index (Phi) is 6.99. The fraction of sp³-hybridized carbons (Fsp3) is 0.286. The molecule has 0 spiro atoms. The SMILES string of the molecule is CC(C(=O)OC(C)(C)C)c1ccc(N2Cc3ccc(CS(=O)(=O)c4ccc(Cl)cc4)cc3C2=O)cc1. The number of hydrogen-bond acceptors (Lipinski definition) is 5. The summed E-state index contributed by atoms with van der Waals surface area (Å²) < 4.78 is 31.1. The van der Waals surface area contributed by atoms with Gasteiger partial charge in [-0.15, -0.1) is 0 Å². The predicted molar refractivity (Wildman–Crippen MR) is 140 cm³/mol. The summed E-state index contributed by atoms with van der Waals surface area (Å²) in [6.45, 7) is 7.67. The summed E-state index contributed by atoms with van der Waals surface area (Å²) in [5, 5.41) is 0.462. The number of halogens is 1. The molecule has 0 aromatic heterocycles. The summed E-state index contributed by atoms with van der Waals surface area (Å²) in [4.78, 5) is 27.4. The second kappa shape index (κ2) is 9.71. The number of anilines is 1. The van der Waals surface area contributed by atoms with Gasteiger partial charge in [0.1, 0.15) is 5.60 Å². The van der Waals surface area contributed by atoms with E-state index >= 15 is 0 Å². The summed E-state index contributed by atoms with van der Waals surface area (Å²) in [5.74, 6) is -1.15. The molecule has 0 radical (unpaired) electrons. The normalized spacial score (nSPS) is 14.5. The molecule has 0 saturated carbocycles. The smallest absolute Gasteiger partial charge is 0.313 e. The van der Waals surface area contributed by atoms with Crippen LogP contribution >= 0.6 is 11.6 Å². The Balaban J connectivity index is 1.49.